The number of amides is 4. The Bertz CT molecular complexity index is 1620. The molecule has 1 aliphatic rings. The fourth-order valence-electron chi connectivity index (χ4n) is 4.71. The zero-order valence-electron chi connectivity index (χ0n) is 21.9. The molecule has 0 bridgehead atoms. The maximum atomic E-state index is 13.4. The number of carbonyl (C=O) groups excluding carboxylic acids is 3. The van der Waals surface area contributed by atoms with E-state index in [2.05, 4.69) is 57.9 Å². The number of carbonyl (C=O) groups is 3. The first kappa shape index (κ1) is 26.4. The van der Waals surface area contributed by atoms with E-state index in [-0.39, 0.29) is 5.57 Å². The molecule has 2 heterocycles. The van der Waals surface area contributed by atoms with E-state index in [4.69, 9.17) is 4.74 Å². The Labute approximate surface area is 235 Å². The lowest BCUT2D eigenvalue weighted by molar-refractivity contribution is -0.122. The Morgan fingerprint density at radius 3 is 2.49 bits per heavy atom. The summed E-state index contributed by atoms with van der Waals surface area (Å²) in [4.78, 5) is 39.6. The highest BCUT2D eigenvalue weighted by atomic mass is 79.9. The Hall–Kier alpha value is -4.17. The second-order valence-corrected chi connectivity index (χ2v) is 10.7. The van der Waals surface area contributed by atoms with Crippen LogP contribution in [-0.4, -0.2) is 29.0 Å². The van der Waals surface area contributed by atoms with Crippen LogP contribution in [0.5, 0.6) is 5.75 Å². The number of anilines is 1. The lowest BCUT2D eigenvalue weighted by Crippen LogP contribution is -2.54. The number of halogens is 1. The van der Waals surface area contributed by atoms with Crippen molar-refractivity contribution < 1.29 is 19.1 Å². The van der Waals surface area contributed by atoms with Crippen LogP contribution in [0.3, 0.4) is 0 Å². The largest absolute Gasteiger partial charge is 0.491 e. The average molecular weight is 586 g/mol. The van der Waals surface area contributed by atoms with Gasteiger partial charge >= 0.3 is 6.03 Å². The van der Waals surface area contributed by atoms with Crippen molar-refractivity contribution in [2.45, 2.75) is 33.2 Å². The van der Waals surface area contributed by atoms with Gasteiger partial charge in [0.25, 0.3) is 11.8 Å². The molecule has 1 aromatic heterocycles. The molecule has 3 aromatic carbocycles. The van der Waals surface area contributed by atoms with Crippen molar-refractivity contribution in [1.29, 1.82) is 0 Å². The number of ether oxygens (including phenoxy) is 1. The molecule has 0 spiro atoms. The molecular weight excluding hydrogens is 558 g/mol. The van der Waals surface area contributed by atoms with Crippen LogP contribution in [-0.2, 0) is 16.1 Å². The molecule has 0 saturated carbocycles. The van der Waals surface area contributed by atoms with Crippen LogP contribution in [0.25, 0.3) is 17.0 Å². The molecule has 198 valence electrons. The molecule has 5 rings (SSSR count). The fraction of sp³-hybridized carbons (Fsp3) is 0.194. The standard InChI is InChI=1S/C31H28BrN3O4/c1-19(2)24-13-8-20(3)16-28(24)39-15-14-34-18-21(25-6-4-5-7-27(25)34)17-26-29(36)33-31(38)35(30(26)37)23-11-9-22(32)10-12-23/h4-13,16-19H,14-15H2,1-3H3,(H,33,36,38). The van der Waals surface area contributed by atoms with E-state index < -0.39 is 17.8 Å². The van der Waals surface area contributed by atoms with Gasteiger partial charge in [0.05, 0.1) is 12.2 Å². The van der Waals surface area contributed by atoms with E-state index in [0.717, 1.165) is 37.2 Å². The molecule has 39 heavy (non-hydrogen) atoms. The lowest BCUT2D eigenvalue weighted by Gasteiger charge is -2.26. The Balaban J connectivity index is 1.44. The molecule has 8 heteroatoms. The normalized spacial score (nSPS) is 14.9. The molecule has 1 aliphatic heterocycles. The van der Waals surface area contributed by atoms with Crippen molar-refractivity contribution in [1.82, 2.24) is 9.88 Å². The summed E-state index contributed by atoms with van der Waals surface area (Å²) < 4.78 is 9.07. The summed E-state index contributed by atoms with van der Waals surface area (Å²) in [6, 6.07) is 20.0. The monoisotopic (exact) mass is 585 g/mol. The molecule has 0 radical (unpaired) electrons. The molecule has 1 N–H and O–H groups in total. The molecule has 0 atom stereocenters. The second kappa shape index (κ2) is 10.9. The number of nitrogens with one attached hydrogen (secondary N) is 1. The number of benzene rings is 3. The number of para-hydroxylation sites is 1. The predicted molar refractivity (Wildman–Crippen MR) is 156 cm³/mol. The van der Waals surface area contributed by atoms with Gasteiger partial charge in [0, 0.05) is 27.1 Å². The van der Waals surface area contributed by atoms with Gasteiger partial charge in [-0.3, -0.25) is 14.9 Å². The first-order chi connectivity index (χ1) is 18.7. The minimum Gasteiger partial charge on any atom is -0.491 e. The highest BCUT2D eigenvalue weighted by molar-refractivity contribution is 9.10. The molecule has 7 nitrogen and oxygen atoms in total. The summed E-state index contributed by atoms with van der Waals surface area (Å²) in [5, 5.41) is 3.18. The molecule has 4 aromatic rings. The molecule has 1 saturated heterocycles. The van der Waals surface area contributed by atoms with Gasteiger partial charge in [-0.1, -0.05) is 60.1 Å². The predicted octanol–water partition coefficient (Wildman–Crippen LogP) is 6.58. The number of hydrogen-bond acceptors (Lipinski definition) is 4. The van der Waals surface area contributed by atoms with Gasteiger partial charge in [-0.25, -0.2) is 9.69 Å². The van der Waals surface area contributed by atoms with Gasteiger partial charge in [-0.2, -0.15) is 0 Å². The summed E-state index contributed by atoms with van der Waals surface area (Å²) in [5.74, 6) is -0.175. The summed E-state index contributed by atoms with van der Waals surface area (Å²) in [5.41, 5.74) is 4.21. The first-order valence-electron chi connectivity index (χ1n) is 12.7. The third-order valence-corrected chi connectivity index (χ3v) is 7.22. The lowest BCUT2D eigenvalue weighted by atomic mass is 10.0. The van der Waals surface area contributed by atoms with Crippen molar-refractivity contribution in [3.05, 3.63) is 99.7 Å². The minimum absolute atomic E-state index is 0.113. The number of barbiturate groups is 1. The van der Waals surface area contributed by atoms with E-state index in [1.165, 1.54) is 0 Å². The Morgan fingerprint density at radius 1 is 1.00 bits per heavy atom. The topological polar surface area (TPSA) is 80.6 Å². The van der Waals surface area contributed by atoms with Crippen molar-refractivity contribution in [3.8, 4) is 5.75 Å². The van der Waals surface area contributed by atoms with Crippen LogP contribution in [0.4, 0.5) is 10.5 Å². The van der Waals surface area contributed by atoms with E-state index in [1.807, 2.05) is 37.4 Å². The zero-order chi connectivity index (χ0) is 27.7. The Morgan fingerprint density at radius 2 is 1.74 bits per heavy atom. The fourth-order valence-corrected chi connectivity index (χ4v) is 4.97. The summed E-state index contributed by atoms with van der Waals surface area (Å²) in [6.07, 6.45) is 3.45. The third-order valence-electron chi connectivity index (χ3n) is 6.69. The molecule has 4 amide bonds. The third kappa shape index (κ3) is 5.38. The van der Waals surface area contributed by atoms with Crippen LogP contribution in [0.2, 0.25) is 0 Å². The summed E-state index contributed by atoms with van der Waals surface area (Å²) >= 11 is 3.35. The number of imide groups is 2. The zero-order valence-corrected chi connectivity index (χ0v) is 23.5. The molecule has 0 unspecified atom stereocenters. The van der Waals surface area contributed by atoms with Crippen molar-refractivity contribution in [3.63, 3.8) is 0 Å². The van der Waals surface area contributed by atoms with Gasteiger partial charge in [0.15, 0.2) is 0 Å². The summed E-state index contributed by atoms with van der Waals surface area (Å²) in [7, 11) is 0. The molecular formula is C31H28BrN3O4. The SMILES string of the molecule is Cc1ccc(C(C)C)c(OCCn2cc(C=C3C(=O)NC(=O)N(c4ccc(Br)cc4)C3=O)c3ccccc32)c1. The minimum atomic E-state index is -0.777. The number of aromatic nitrogens is 1. The smallest absolute Gasteiger partial charge is 0.335 e. The van der Waals surface area contributed by atoms with E-state index in [9.17, 15) is 14.4 Å². The van der Waals surface area contributed by atoms with Crippen molar-refractivity contribution in [2.75, 3.05) is 11.5 Å². The van der Waals surface area contributed by atoms with E-state index >= 15 is 0 Å². The van der Waals surface area contributed by atoms with Crippen LogP contribution < -0.4 is 15.0 Å². The quantitative estimate of drug-likeness (QED) is 0.196. The van der Waals surface area contributed by atoms with Gasteiger partial charge < -0.3 is 9.30 Å². The first-order valence-corrected chi connectivity index (χ1v) is 13.5. The van der Waals surface area contributed by atoms with Crippen LogP contribution in [0, 0.1) is 6.92 Å². The maximum absolute atomic E-state index is 13.4. The van der Waals surface area contributed by atoms with Crippen LogP contribution in [0.1, 0.15) is 36.5 Å². The maximum Gasteiger partial charge on any atom is 0.335 e. The van der Waals surface area contributed by atoms with E-state index in [0.29, 0.717) is 30.3 Å². The van der Waals surface area contributed by atoms with Gasteiger partial charge in [0.1, 0.15) is 17.9 Å². The second-order valence-electron chi connectivity index (χ2n) is 9.77. The number of aryl methyl sites for hydroxylation is 1. The van der Waals surface area contributed by atoms with E-state index in [1.54, 1.807) is 30.3 Å². The summed E-state index contributed by atoms with van der Waals surface area (Å²) in [6.45, 7) is 7.35. The van der Waals surface area contributed by atoms with Crippen molar-refractivity contribution >= 4 is 56.4 Å². The van der Waals surface area contributed by atoms with Gasteiger partial charge in [0.2, 0.25) is 0 Å². The number of rotatable bonds is 7. The molecule has 1 fully saturated rings. The highest BCUT2D eigenvalue weighted by Crippen LogP contribution is 2.29. The van der Waals surface area contributed by atoms with Crippen LogP contribution >= 0.6 is 15.9 Å². The highest BCUT2D eigenvalue weighted by Gasteiger charge is 2.37. The molecule has 0 aliphatic carbocycles. The van der Waals surface area contributed by atoms with Crippen LogP contribution in [0.15, 0.2) is 83.0 Å². The van der Waals surface area contributed by atoms with Crippen molar-refractivity contribution in [2.24, 2.45) is 0 Å². The van der Waals surface area contributed by atoms with Gasteiger partial charge in [-0.05, 0) is 66.4 Å². The van der Waals surface area contributed by atoms with Gasteiger partial charge in [-0.15, -0.1) is 0 Å². The average Bonchev–Trinajstić information content (AvgIpc) is 3.25. The number of fused-ring (bicyclic) bond motifs is 1. The number of hydrogen-bond donors (Lipinski definition) is 1. The Kier molecular flexibility index (Phi) is 7.39. The number of urea groups is 1. The number of nitrogens with zero attached hydrogens (tertiary/aromatic N) is 2.